The molecular formula is C108H119F6N15O20S. The van der Waals surface area contributed by atoms with Crippen LogP contribution in [-0.4, -0.2) is 259 Å². The summed E-state index contributed by atoms with van der Waals surface area (Å²) in [4.78, 5) is 186. The third-order valence-corrected chi connectivity index (χ3v) is 30.3. The molecule has 6 N–H and O–H groups in total. The topological polar surface area (TPSA) is 409 Å². The fraction of sp³-hybridized carbons (Fsp3) is 0.454. The number of aryl methyl sites for hydroxylation is 1. The molecule has 0 spiro atoms. The highest BCUT2D eigenvalue weighted by Gasteiger charge is 2.48. The van der Waals surface area contributed by atoms with Gasteiger partial charge in [0.05, 0.1) is 82.5 Å². The molecule has 150 heavy (non-hydrogen) atoms. The zero-order valence-corrected chi connectivity index (χ0v) is 84.0. The summed E-state index contributed by atoms with van der Waals surface area (Å²) in [6.45, 7) is 11.8. The molecule has 794 valence electrons. The minimum absolute atomic E-state index is 0.0536. The summed E-state index contributed by atoms with van der Waals surface area (Å²) in [5.41, 5.74) is 12.5. The molecule has 0 radical (unpaired) electrons. The summed E-state index contributed by atoms with van der Waals surface area (Å²) in [6.07, 6.45) is -5.81. The van der Waals surface area contributed by atoms with Gasteiger partial charge in [0.2, 0.25) is 41.4 Å². The summed E-state index contributed by atoms with van der Waals surface area (Å²) in [5, 5.41) is 20.4. The maximum absolute atomic E-state index is 13.1. The largest absolute Gasteiger partial charge is 0.489 e. The monoisotopic (exact) mass is 2090 g/mol. The van der Waals surface area contributed by atoms with Gasteiger partial charge in [-0.1, -0.05) is 109 Å². The quantitative estimate of drug-likeness (QED) is 0.00731. The molecule has 1 aromatic heterocycles. The molecule has 1 saturated carbocycles. The molecule has 8 aromatic rings. The van der Waals surface area contributed by atoms with Crippen LogP contribution in [0.2, 0.25) is 0 Å². The molecule has 12 aliphatic rings. The van der Waals surface area contributed by atoms with E-state index in [1.165, 1.54) is 25.8 Å². The van der Waals surface area contributed by atoms with Gasteiger partial charge in [-0.05, 0) is 134 Å². The van der Waals surface area contributed by atoms with E-state index in [2.05, 4.69) is 95.4 Å². The van der Waals surface area contributed by atoms with E-state index in [0.717, 1.165) is 135 Å². The van der Waals surface area contributed by atoms with Gasteiger partial charge in [-0.3, -0.25) is 93.0 Å². The fourth-order valence-corrected chi connectivity index (χ4v) is 22.3. The van der Waals surface area contributed by atoms with Gasteiger partial charge in [0.1, 0.15) is 73.3 Å². The number of unbranched alkanes of at least 4 members (excludes halogenated alkanes) is 1. The fourth-order valence-electron chi connectivity index (χ4n) is 20.7. The number of hydrogen-bond acceptors (Lipinski definition) is 26. The molecule has 13 amide bonds. The van der Waals surface area contributed by atoms with Crippen LogP contribution in [0.4, 0.5) is 31.1 Å². The van der Waals surface area contributed by atoms with Crippen LogP contribution in [0, 0.1) is 6.92 Å². The highest BCUT2D eigenvalue weighted by molar-refractivity contribution is 8.00. The Morgan fingerprint density at radius 3 is 1.41 bits per heavy atom. The van der Waals surface area contributed by atoms with E-state index in [4.69, 9.17) is 28.2 Å². The number of alkyl halides is 6. The predicted molar refractivity (Wildman–Crippen MR) is 531 cm³/mol. The van der Waals surface area contributed by atoms with E-state index in [0.29, 0.717) is 131 Å². The third kappa shape index (κ3) is 26.9. The first-order valence-electron chi connectivity index (χ1n) is 50.6. The minimum Gasteiger partial charge on any atom is -0.489 e. The van der Waals surface area contributed by atoms with Crippen LogP contribution < -0.4 is 50.8 Å². The number of ketones is 2. The molecule has 0 bridgehead atoms. The van der Waals surface area contributed by atoms with Crippen molar-refractivity contribution in [3.8, 4) is 23.0 Å². The third-order valence-electron chi connectivity index (χ3n) is 28.8. The molecule has 7 atom stereocenters. The Morgan fingerprint density at radius 1 is 0.493 bits per heavy atom. The minimum atomic E-state index is -4.47. The number of benzene rings is 7. The van der Waals surface area contributed by atoms with Crippen molar-refractivity contribution in [2.24, 2.45) is 0 Å². The zero-order valence-electron chi connectivity index (χ0n) is 83.1. The van der Waals surface area contributed by atoms with Crippen LogP contribution in [0.5, 0.6) is 23.0 Å². The number of hydrogen-bond donors (Lipinski definition) is 6. The van der Waals surface area contributed by atoms with Gasteiger partial charge < -0.3 is 68.7 Å². The smallest absolute Gasteiger partial charge is 0.390 e. The Hall–Kier alpha value is -13.9. The number of rotatable bonds is 33. The number of morpholine rings is 1. The van der Waals surface area contributed by atoms with Crippen molar-refractivity contribution >= 4 is 94.3 Å². The van der Waals surface area contributed by atoms with Gasteiger partial charge in [0.25, 0.3) is 23.6 Å². The lowest BCUT2D eigenvalue weighted by Gasteiger charge is -2.35. The number of urea groups is 1. The average molecular weight is 2090 g/mol. The summed E-state index contributed by atoms with van der Waals surface area (Å²) >= 11 is 1.92. The van der Waals surface area contributed by atoms with E-state index >= 15 is 0 Å². The van der Waals surface area contributed by atoms with Crippen LogP contribution in [0.15, 0.2) is 150 Å². The SMILES string of the molecule is CNCc1cc(COc2cccc3c2CN(C2CCC(=O)NC2=O)C3=O)on1.Cc1ccc2c(c1OCc1ccc(CN3CCOCC3)cc1)CN(C1CCC(=O)NC1=O)C2=O.O=C1CCC(N2Cc3c(OCc4ccc(CN(CCC(F)(F)F)CCC(F)(F)F)cc4)cccc3C2=O)C(=O)C1.O=C1CCC(N2Cc3c(OCc4ccc(CN5CCN(C(=O)CCCCC6SCC7NC(=O)NC76)CC5)cc4)cccc3C2=O)C(=O)N1. The summed E-state index contributed by atoms with van der Waals surface area (Å²) < 4.78 is 111. The lowest BCUT2D eigenvalue weighted by atomic mass is 9.92. The number of piperidine rings is 3. The van der Waals surface area contributed by atoms with Crippen LogP contribution in [0.3, 0.4) is 0 Å². The van der Waals surface area contributed by atoms with Crippen molar-refractivity contribution in [3.05, 3.63) is 240 Å². The van der Waals surface area contributed by atoms with Crippen molar-refractivity contribution in [2.75, 3.05) is 78.4 Å². The van der Waals surface area contributed by atoms with Crippen LogP contribution in [0.25, 0.3) is 0 Å². The second kappa shape index (κ2) is 48.4. The van der Waals surface area contributed by atoms with Crippen LogP contribution in [0.1, 0.15) is 210 Å². The summed E-state index contributed by atoms with van der Waals surface area (Å²) in [7, 11) is 1.82. The van der Waals surface area contributed by atoms with Crippen molar-refractivity contribution in [2.45, 2.75) is 236 Å². The van der Waals surface area contributed by atoms with Crippen molar-refractivity contribution < 1.29 is 122 Å². The lowest BCUT2D eigenvalue weighted by Crippen LogP contribution is -2.52. The maximum atomic E-state index is 13.1. The van der Waals surface area contributed by atoms with Crippen LogP contribution in [-0.2, 0) is 127 Å². The Bertz CT molecular complexity index is 6360. The van der Waals surface area contributed by atoms with E-state index in [1.807, 2.05) is 42.8 Å². The number of ether oxygens (including phenoxy) is 5. The van der Waals surface area contributed by atoms with E-state index in [1.54, 1.807) is 89.8 Å². The number of aromatic nitrogens is 1. The number of carbonyl (C=O) groups is 14. The van der Waals surface area contributed by atoms with Crippen molar-refractivity contribution in [1.29, 1.82) is 0 Å². The second-order valence-corrected chi connectivity index (χ2v) is 40.6. The molecule has 7 saturated heterocycles. The van der Waals surface area contributed by atoms with Gasteiger partial charge in [0.15, 0.2) is 11.5 Å². The van der Waals surface area contributed by atoms with Gasteiger partial charge >= 0.3 is 18.4 Å². The lowest BCUT2D eigenvalue weighted by molar-refractivity contribution is -0.147. The number of piperazine rings is 1. The predicted octanol–water partition coefficient (Wildman–Crippen LogP) is 10.9. The number of halogens is 6. The Morgan fingerprint density at radius 2 is 0.933 bits per heavy atom. The van der Waals surface area contributed by atoms with Crippen molar-refractivity contribution in [3.63, 3.8) is 0 Å². The Labute approximate surface area is 865 Å². The molecule has 8 fully saturated rings. The molecule has 42 heteroatoms. The second-order valence-electron chi connectivity index (χ2n) is 39.3. The number of amides is 13. The van der Waals surface area contributed by atoms with E-state index in [9.17, 15) is 93.5 Å². The molecule has 1 aliphatic carbocycles. The van der Waals surface area contributed by atoms with Gasteiger partial charge in [-0.2, -0.15) is 38.1 Å². The standard InChI is InChI=1S/C35H42N6O6S.C28H28F6N2O4.C26H29N3O5.C19H20N4O5/c42-30-13-12-27(33(44)37-30)41-19-25-24(34(41)45)4-3-5-28(25)47-20-23-10-8-22(9-11-23)18-39-14-16-40(17-15-39)31(43)7-2-1-6-29-32-26(21-48-29)36-35(46)38-32;29-27(30,31)10-12-35(13-11-28(32,33)34)15-18-4-6-19(7-5-18)17-40-25-3-1-2-21-22(25)16-36(26(21)39)23-9-8-20(37)14-24(23)38;1-17-2-7-20-21(15-29(26(20)32)22-8-9-23(30)27-25(22)31)24(17)34-16-19-5-3-18(4-6-19)14-28-10-12-33-13-11-28;1-20-8-11-7-12(28-22-11)10-27-16-4-2-3-13-14(16)9-23(19(13)26)15-5-6-17(24)21-18(15)25/h3-5,8-11,26-27,29,32H,1-2,6-7,12-21H2,(H2,36,38,46)(H,37,42,44);1-7,23H,8-17H2;2-7,22H,8-16H2,1H3,(H,27,30,31);2-4,7,15,20H,5-6,8-10H2,1H3,(H,21,24,25). The van der Waals surface area contributed by atoms with E-state index in [-0.39, 0.29) is 148 Å². The molecule has 7 unspecified atom stereocenters. The maximum Gasteiger partial charge on any atom is 0.390 e. The first kappa shape index (κ1) is 107. The summed E-state index contributed by atoms with van der Waals surface area (Å²) in [5.74, 6) is 0.618. The van der Waals surface area contributed by atoms with Crippen molar-refractivity contribution in [1.82, 2.24) is 76.3 Å². The number of thioether (sulfide) groups is 1. The normalized spacial score (nSPS) is 21.2. The number of imide groups is 3. The van der Waals surface area contributed by atoms with Gasteiger partial charge in [0, 0.05) is 172 Å². The average Bonchev–Trinajstić information content (AvgIpc) is 1.42. The molecule has 11 aliphatic heterocycles. The molecule has 20 rings (SSSR count). The number of carbonyl (C=O) groups excluding carboxylic acids is 14. The molecule has 12 heterocycles. The molecular weight excluding hydrogens is 1970 g/mol. The number of nitrogens with one attached hydrogen (secondary N) is 6. The number of fused-ring (bicyclic) bond motifs is 5. The van der Waals surface area contributed by atoms with Crippen LogP contribution >= 0.6 is 11.8 Å². The van der Waals surface area contributed by atoms with Gasteiger partial charge in [-0.15, -0.1) is 0 Å². The highest BCUT2D eigenvalue weighted by Crippen LogP contribution is 2.42. The summed E-state index contributed by atoms with van der Waals surface area (Å²) in [6, 6.07) is 42.3. The zero-order chi connectivity index (χ0) is 106. The van der Waals surface area contributed by atoms with Gasteiger partial charge in [-0.25, -0.2) is 4.79 Å². The van der Waals surface area contributed by atoms with E-state index < -0.39 is 80.2 Å². The number of nitrogens with zero attached hydrogens (tertiary/aromatic N) is 9. The first-order chi connectivity index (χ1) is 72.2. The first-order valence-corrected chi connectivity index (χ1v) is 51.7. The molecule has 35 nitrogen and oxygen atoms in total. The number of Topliss-reactive ketones (excluding diaryl/α,β-unsaturated/α-hetero) is 2. The Kier molecular flexibility index (Phi) is 34.6. The molecule has 7 aromatic carbocycles. The Balaban J connectivity index is 0.000000139. The highest BCUT2D eigenvalue weighted by atomic mass is 32.2.